The average molecular weight is 318 g/mol. The molecule has 2 rings (SSSR count). The summed E-state index contributed by atoms with van der Waals surface area (Å²) < 4.78 is 42.4. The van der Waals surface area contributed by atoms with Crippen LogP contribution in [0.1, 0.15) is 12.8 Å². The summed E-state index contributed by atoms with van der Waals surface area (Å²) in [6.45, 7) is 4.19. The van der Waals surface area contributed by atoms with Crippen molar-refractivity contribution >= 4 is 10.4 Å². The van der Waals surface area contributed by atoms with Crippen LogP contribution >= 0.6 is 0 Å². The predicted octanol–water partition coefficient (Wildman–Crippen LogP) is 1.67. The molecule has 0 amide bonds. The van der Waals surface area contributed by atoms with E-state index < -0.39 is 16.4 Å². The van der Waals surface area contributed by atoms with Crippen LogP contribution in [0.3, 0.4) is 0 Å². The molecule has 0 saturated carbocycles. The van der Waals surface area contributed by atoms with Gasteiger partial charge in [-0.1, -0.05) is 24.3 Å². The zero-order valence-corrected chi connectivity index (χ0v) is 12.1. The van der Waals surface area contributed by atoms with Crippen molar-refractivity contribution in [1.29, 1.82) is 0 Å². The van der Waals surface area contributed by atoms with E-state index in [4.69, 9.17) is 27.0 Å². The van der Waals surface area contributed by atoms with Crippen LogP contribution in [-0.4, -0.2) is 35.2 Å². The van der Waals surface area contributed by atoms with Gasteiger partial charge in [0.25, 0.3) is 0 Å². The van der Waals surface area contributed by atoms with Gasteiger partial charge in [0, 0.05) is 0 Å². The molecule has 1 aliphatic rings. The van der Waals surface area contributed by atoms with Crippen molar-refractivity contribution in [3.05, 3.63) is 43.0 Å². The predicted molar refractivity (Wildman–Crippen MR) is 75.1 cm³/mol. The van der Waals surface area contributed by atoms with Crippen molar-refractivity contribution in [1.82, 2.24) is 0 Å². The third-order valence-corrected chi connectivity index (χ3v) is 2.75. The van der Waals surface area contributed by atoms with E-state index in [9.17, 15) is 5.11 Å². The molecule has 3 N–H and O–H groups in total. The molecule has 0 aromatic heterocycles. The minimum Gasteiger partial charge on any atom is -0.439 e. The van der Waals surface area contributed by atoms with Gasteiger partial charge in [-0.2, -0.15) is 8.42 Å². The largest absolute Gasteiger partial charge is 0.439 e. The summed E-state index contributed by atoms with van der Waals surface area (Å²) >= 11 is 0. The smallest absolute Gasteiger partial charge is 0.394 e. The van der Waals surface area contributed by atoms with Gasteiger partial charge in [0.1, 0.15) is 5.75 Å². The highest BCUT2D eigenvalue weighted by molar-refractivity contribution is 7.79. The highest BCUT2D eigenvalue weighted by Gasteiger charge is 2.44. The Morgan fingerprint density at radius 2 is 1.95 bits per heavy atom. The summed E-state index contributed by atoms with van der Waals surface area (Å²) in [6.07, 6.45) is 3.25. The molecule has 118 valence electrons. The number of hydrogen-bond donors (Lipinski definition) is 3. The Morgan fingerprint density at radius 3 is 2.48 bits per heavy atom. The van der Waals surface area contributed by atoms with Gasteiger partial charge in [0.2, 0.25) is 0 Å². The first-order chi connectivity index (χ1) is 9.74. The molecule has 0 bridgehead atoms. The Bertz CT molecular complexity index is 535. The fourth-order valence-electron chi connectivity index (χ4n) is 1.89. The van der Waals surface area contributed by atoms with Crippen molar-refractivity contribution in [3.63, 3.8) is 0 Å². The molecule has 1 heterocycles. The number of hydrogen-bond acceptors (Lipinski definition) is 5. The first-order valence-electron chi connectivity index (χ1n) is 6.16. The second kappa shape index (κ2) is 7.53. The first kappa shape index (κ1) is 17.6. The third-order valence-electron chi connectivity index (χ3n) is 2.75. The number of benzene rings is 1. The van der Waals surface area contributed by atoms with E-state index in [2.05, 4.69) is 6.58 Å². The number of aliphatic hydroxyl groups is 1. The van der Waals surface area contributed by atoms with E-state index in [0.29, 0.717) is 18.8 Å². The highest BCUT2D eigenvalue weighted by Crippen LogP contribution is 2.34. The maximum atomic E-state index is 10.2. The Kier molecular flexibility index (Phi) is 6.31. The van der Waals surface area contributed by atoms with E-state index in [-0.39, 0.29) is 5.92 Å². The lowest BCUT2D eigenvalue weighted by Crippen LogP contribution is -2.41. The molecule has 2 unspecified atom stereocenters. The van der Waals surface area contributed by atoms with E-state index in [1.807, 2.05) is 18.2 Å². The van der Waals surface area contributed by atoms with Gasteiger partial charge in [-0.05, 0) is 25.0 Å². The lowest BCUT2D eigenvalue weighted by Gasteiger charge is -2.28. The number of rotatable bonds is 4. The number of allylic oxidation sites excluding steroid dienone is 1. The Labute approximate surface area is 123 Å². The highest BCUT2D eigenvalue weighted by atomic mass is 32.3. The molecule has 1 aliphatic heterocycles. The van der Waals surface area contributed by atoms with Crippen molar-refractivity contribution in [2.75, 3.05) is 6.61 Å². The van der Waals surface area contributed by atoms with E-state index in [1.165, 1.54) is 0 Å². The fraction of sp³-hybridized carbons (Fsp3) is 0.385. The van der Waals surface area contributed by atoms with Gasteiger partial charge in [-0.3, -0.25) is 9.11 Å². The molecule has 1 saturated heterocycles. The Balaban J connectivity index is 0.000000383. The van der Waals surface area contributed by atoms with Gasteiger partial charge >= 0.3 is 16.4 Å². The SMILES string of the molecule is C=CCC1CCOC1(O)Oc1ccccc1.O=S(=O)(O)O. The van der Waals surface area contributed by atoms with E-state index in [1.54, 1.807) is 18.2 Å². The quantitative estimate of drug-likeness (QED) is 0.439. The molecular formula is C13H18O7S. The van der Waals surface area contributed by atoms with Crippen molar-refractivity contribution in [2.24, 2.45) is 5.92 Å². The van der Waals surface area contributed by atoms with Crippen LogP contribution in [0.25, 0.3) is 0 Å². The minimum absolute atomic E-state index is 0.0507. The summed E-state index contributed by atoms with van der Waals surface area (Å²) in [5, 5.41) is 10.2. The third kappa shape index (κ3) is 6.69. The van der Waals surface area contributed by atoms with Crippen LogP contribution in [-0.2, 0) is 15.1 Å². The lowest BCUT2D eigenvalue weighted by molar-refractivity contribution is -0.315. The van der Waals surface area contributed by atoms with Crippen LogP contribution in [0.4, 0.5) is 0 Å². The summed E-state index contributed by atoms with van der Waals surface area (Å²) in [5.41, 5.74) is 0. The zero-order chi connectivity index (χ0) is 15.9. The van der Waals surface area contributed by atoms with Crippen LogP contribution in [0.15, 0.2) is 43.0 Å². The molecule has 1 aromatic carbocycles. The summed E-state index contributed by atoms with van der Waals surface area (Å²) in [7, 11) is -4.67. The fourth-order valence-corrected chi connectivity index (χ4v) is 1.89. The maximum absolute atomic E-state index is 10.2. The summed E-state index contributed by atoms with van der Waals surface area (Å²) in [5.74, 6) is -0.943. The molecule has 7 nitrogen and oxygen atoms in total. The Hall–Kier alpha value is -1.45. The van der Waals surface area contributed by atoms with Crippen LogP contribution in [0.2, 0.25) is 0 Å². The van der Waals surface area contributed by atoms with Crippen molar-refractivity contribution < 1.29 is 32.1 Å². The lowest BCUT2D eigenvalue weighted by atomic mass is 10.0. The molecule has 0 aliphatic carbocycles. The second-order valence-corrected chi connectivity index (χ2v) is 5.25. The van der Waals surface area contributed by atoms with Crippen molar-refractivity contribution in [3.8, 4) is 5.75 Å². The van der Waals surface area contributed by atoms with E-state index >= 15 is 0 Å². The monoisotopic (exact) mass is 318 g/mol. The second-order valence-electron chi connectivity index (χ2n) is 4.35. The molecule has 1 aromatic rings. The molecular weight excluding hydrogens is 300 g/mol. The van der Waals surface area contributed by atoms with Gasteiger partial charge in [-0.15, -0.1) is 6.58 Å². The van der Waals surface area contributed by atoms with Gasteiger partial charge in [0.05, 0.1) is 12.5 Å². The molecule has 0 radical (unpaired) electrons. The first-order valence-corrected chi connectivity index (χ1v) is 7.55. The van der Waals surface area contributed by atoms with Crippen LogP contribution in [0.5, 0.6) is 5.75 Å². The molecule has 2 atom stereocenters. The zero-order valence-electron chi connectivity index (χ0n) is 11.3. The number of ether oxygens (including phenoxy) is 2. The molecule has 8 heteroatoms. The van der Waals surface area contributed by atoms with Gasteiger partial charge in [-0.25, -0.2) is 0 Å². The van der Waals surface area contributed by atoms with E-state index in [0.717, 1.165) is 6.42 Å². The molecule has 21 heavy (non-hydrogen) atoms. The summed E-state index contributed by atoms with van der Waals surface area (Å²) in [4.78, 5) is 0. The molecule has 0 spiro atoms. The van der Waals surface area contributed by atoms with Crippen LogP contribution < -0.4 is 4.74 Å². The molecule has 1 fully saturated rings. The summed E-state index contributed by atoms with van der Waals surface area (Å²) in [6, 6.07) is 9.20. The normalized spacial score (nSPS) is 24.8. The minimum atomic E-state index is -4.67. The Morgan fingerprint density at radius 1 is 1.38 bits per heavy atom. The van der Waals surface area contributed by atoms with Gasteiger partial charge in [0.15, 0.2) is 0 Å². The standard InChI is InChI=1S/C13H16O3.H2O4S/c1-2-6-11-9-10-15-13(11,14)16-12-7-4-3-5-8-12;1-5(2,3)4/h2-5,7-8,11,14H,1,6,9-10H2;(H2,1,2,3,4). The number of para-hydroxylation sites is 1. The van der Waals surface area contributed by atoms with Crippen molar-refractivity contribution in [2.45, 2.75) is 18.8 Å². The van der Waals surface area contributed by atoms with Crippen LogP contribution in [0, 0.1) is 5.92 Å². The topological polar surface area (TPSA) is 113 Å². The average Bonchev–Trinajstić information content (AvgIpc) is 2.70. The maximum Gasteiger partial charge on any atom is 0.394 e. The van der Waals surface area contributed by atoms with Gasteiger partial charge < -0.3 is 14.6 Å².